The Kier molecular flexibility index (Phi) is 3.31. The highest BCUT2D eigenvalue weighted by atomic mass is 16.5. The fourth-order valence-electron chi connectivity index (χ4n) is 0.942. The van der Waals surface area contributed by atoms with Gasteiger partial charge in [0.25, 0.3) is 0 Å². The minimum absolute atomic E-state index is 0.301. The van der Waals surface area contributed by atoms with Crippen LogP contribution in [0.25, 0.3) is 0 Å². The van der Waals surface area contributed by atoms with Gasteiger partial charge in [-0.25, -0.2) is 4.79 Å². The minimum atomic E-state index is -0.301. The Morgan fingerprint density at radius 1 is 1.31 bits per heavy atom. The van der Waals surface area contributed by atoms with Crippen LogP contribution in [-0.4, -0.2) is 19.7 Å². The first-order chi connectivity index (χ1) is 6.27. The fourth-order valence-corrected chi connectivity index (χ4v) is 0.942. The van der Waals surface area contributed by atoms with Crippen molar-refractivity contribution in [1.29, 1.82) is 0 Å². The van der Waals surface area contributed by atoms with E-state index in [4.69, 9.17) is 9.47 Å². The molecule has 0 radical (unpaired) electrons. The molecule has 1 aromatic carbocycles. The van der Waals surface area contributed by atoms with Crippen molar-refractivity contribution in [2.24, 2.45) is 0 Å². The molecule has 0 unspecified atom stereocenters. The molecule has 70 valence electrons. The maximum absolute atomic E-state index is 11.2. The number of ether oxygens (including phenoxy) is 2. The van der Waals surface area contributed by atoms with Crippen molar-refractivity contribution in [2.75, 3.05) is 13.7 Å². The highest BCUT2D eigenvalue weighted by molar-refractivity contribution is 5.89. The number of benzene rings is 1. The number of carbonyl (C=O) groups is 1. The zero-order valence-electron chi connectivity index (χ0n) is 7.74. The lowest BCUT2D eigenvalue weighted by molar-refractivity contribution is 0.0526. The molecule has 0 aliphatic rings. The van der Waals surface area contributed by atoms with E-state index < -0.39 is 0 Å². The first kappa shape index (κ1) is 9.58. The van der Waals surface area contributed by atoms with Crippen LogP contribution >= 0.6 is 0 Å². The predicted octanol–water partition coefficient (Wildman–Crippen LogP) is 1.87. The van der Waals surface area contributed by atoms with Crippen LogP contribution in [0.4, 0.5) is 0 Å². The summed E-state index contributed by atoms with van der Waals surface area (Å²) in [5.41, 5.74) is 0.544. The molecule has 0 aliphatic heterocycles. The normalized spacial score (nSPS) is 9.38. The molecule has 0 spiro atoms. The van der Waals surface area contributed by atoms with Gasteiger partial charge in [0.05, 0.1) is 19.3 Å². The van der Waals surface area contributed by atoms with Gasteiger partial charge in [-0.3, -0.25) is 0 Å². The molecule has 0 amide bonds. The van der Waals surface area contributed by atoms with Gasteiger partial charge in [0.1, 0.15) is 5.75 Å². The van der Waals surface area contributed by atoms with Gasteiger partial charge in [-0.1, -0.05) is 0 Å². The van der Waals surface area contributed by atoms with Gasteiger partial charge >= 0.3 is 5.97 Å². The van der Waals surface area contributed by atoms with Crippen LogP contribution in [-0.2, 0) is 4.74 Å². The van der Waals surface area contributed by atoms with Crippen molar-refractivity contribution in [3.8, 4) is 5.75 Å². The molecule has 0 atom stereocenters. The van der Waals surface area contributed by atoms with Crippen molar-refractivity contribution in [1.82, 2.24) is 0 Å². The molecule has 0 fully saturated rings. The van der Waals surface area contributed by atoms with Gasteiger partial charge in [0.15, 0.2) is 0 Å². The van der Waals surface area contributed by atoms with Crippen molar-refractivity contribution in [3.63, 3.8) is 0 Å². The smallest absolute Gasteiger partial charge is 0.338 e. The lowest BCUT2D eigenvalue weighted by Gasteiger charge is -2.02. The van der Waals surface area contributed by atoms with Crippen LogP contribution in [0.3, 0.4) is 0 Å². The summed E-state index contributed by atoms with van der Waals surface area (Å²) in [5.74, 6) is 0.429. The molecule has 0 bridgehead atoms. The summed E-state index contributed by atoms with van der Waals surface area (Å²) in [6.45, 7) is 2.17. The van der Waals surface area contributed by atoms with E-state index in [1.165, 1.54) is 0 Å². The van der Waals surface area contributed by atoms with E-state index in [-0.39, 0.29) is 5.97 Å². The van der Waals surface area contributed by atoms with Gasteiger partial charge < -0.3 is 9.47 Å². The first-order valence-corrected chi connectivity index (χ1v) is 4.09. The average molecular weight is 180 g/mol. The molecule has 0 N–H and O–H groups in total. The summed E-state index contributed by atoms with van der Waals surface area (Å²) >= 11 is 0. The van der Waals surface area contributed by atoms with Crippen molar-refractivity contribution < 1.29 is 14.3 Å². The average Bonchev–Trinajstić information content (AvgIpc) is 2.18. The van der Waals surface area contributed by atoms with E-state index in [0.29, 0.717) is 12.2 Å². The van der Waals surface area contributed by atoms with Gasteiger partial charge in [-0.05, 0) is 31.2 Å². The summed E-state index contributed by atoms with van der Waals surface area (Å²) in [5, 5.41) is 0. The lowest BCUT2D eigenvalue weighted by atomic mass is 10.2. The molecule has 13 heavy (non-hydrogen) atoms. The number of carbonyl (C=O) groups excluding carboxylic acids is 1. The third kappa shape index (κ3) is 2.47. The Balaban J connectivity index is 2.74. The predicted molar refractivity (Wildman–Crippen MR) is 49.0 cm³/mol. The Hall–Kier alpha value is -1.51. The van der Waals surface area contributed by atoms with Crippen LogP contribution in [0.1, 0.15) is 17.3 Å². The zero-order chi connectivity index (χ0) is 9.68. The molecule has 0 aliphatic carbocycles. The Morgan fingerprint density at radius 2 is 1.92 bits per heavy atom. The molecule has 3 nitrogen and oxygen atoms in total. The molecule has 0 heterocycles. The Morgan fingerprint density at radius 3 is 2.38 bits per heavy atom. The third-order valence-electron chi connectivity index (χ3n) is 1.60. The van der Waals surface area contributed by atoms with Gasteiger partial charge in [-0.15, -0.1) is 0 Å². The van der Waals surface area contributed by atoms with E-state index in [0.717, 1.165) is 5.75 Å². The number of rotatable bonds is 3. The van der Waals surface area contributed by atoms with E-state index in [1.807, 2.05) is 0 Å². The summed E-state index contributed by atoms with van der Waals surface area (Å²) in [4.78, 5) is 11.2. The maximum atomic E-state index is 11.2. The molecule has 0 saturated heterocycles. The zero-order valence-corrected chi connectivity index (χ0v) is 7.74. The topological polar surface area (TPSA) is 35.5 Å². The van der Waals surface area contributed by atoms with E-state index in [1.54, 1.807) is 38.3 Å². The molecule has 0 saturated carbocycles. The second-order valence-electron chi connectivity index (χ2n) is 2.45. The number of esters is 1. The number of hydrogen-bond donors (Lipinski definition) is 0. The van der Waals surface area contributed by atoms with Crippen LogP contribution in [0, 0.1) is 0 Å². The Labute approximate surface area is 77.3 Å². The monoisotopic (exact) mass is 180 g/mol. The second-order valence-corrected chi connectivity index (χ2v) is 2.45. The third-order valence-corrected chi connectivity index (χ3v) is 1.60. The largest absolute Gasteiger partial charge is 0.497 e. The Bertz CT molecular complexity index is 277. The molecular weight excluding hydrogens is 168 g/mol. The highest BCUT2D eigenvalue weighted by Crippen LogP contribution is 2.11. The molecule has 3 heteroatoms. The summed E-state index contributed by atoms with van der Waals surface area (Å²) in [6, 6.07) is 6.81. The van der Waals surface area contributed by atoms with Crippen LogP contribution in [0.2, 0.25) is 0 Å². The van der Waals surface area contributed by atoms with Gasteiger partial charge in [0, 0.05) is 0 Å². The highest BCUT2D eigenvalue weighted by Gasteiger charge is 2.04. The molecule has 0 aromatic heterocycles. The summed E-state index contributed by atoms with van der Waals surface area (Å²) in [7, 11) is 1.58. The van der Waals surface area contributed by atoms with Crippen LogP contribution in [0.5, 0.6) is 5.75 Å². The van der Waals surface area contributed by atoms with E-state index >= 15 is 0 Å². The number of methoxy groups -OCH3 is 1. The van der Waals surface area contributed by atoms with Crippen LogP contribution in [0.15, 0.2) is 24.3 Å². The van der Waals surface area contributed by atoms with Gasteiger partial charge in [0.2, 0.25) is 0 Å². The lowest BCUT2D eigenvalue weighted by Crippen LogP contribution is -2.03. The molecule has 1 rings (SSSR count). The second kappa shape index (κ2) is 4.50. The molecular formula is C10H12O3. The first-order valence-electron chi connectivity index (χ1n) is 4.09. The minimum Gasteiger partial charge on any atom is -0.497 e. The fraction of sp³-hybridized carbons (Fsp3) is 0.300. The van der Waals surface area contributed by atoms with E-state index in [9.17, 15) is 4.79 Å². The summed E-state index contributed by atoms with van der Waals surface area (Å²) in [6.07, 6.45) is 0. The number of hydrogen-bond acceptors (Lipinski definition) is 3. The van der Waals surface area contributed by atoms with Crippen molar-refractivity contribution in [2.45, 2.75) is 6.92 Å². The van der Waals surface area contributed by atoms with E-state index in [2.05, 4.69) is 0 Å². The van der Waals surface area contributed by atoms with Crippen LogP contribution < -0.4 is 4.74 Å². The standard InChI is InChI=1S/C10H12O3/c1-3-13-10(11)8-4-6-9(12-2)7-5-8/h4-7H,3H2,1-2H3. The van der Waals surface area contributed by atoms with Crippen molar-refractivity contribution >= 4 is 5.97 Å². The quantitative estimate of drug-likeness (QED) is 0.666. The molecule has 1 aromatic rings. The summed E-state index contributed by atoms with van der Waals surface area (Å²) < 4.78 is 9.78. The SMILES string of the molecule is CCOC(=O)c1ccc(OC)cc1. The van der Waals surface area contributed by atoms with Crippen molar-refractivity contribution in [3.05, 3.63) is 29.8 Å². The maximum Gasteiger partial charge on any atom is 0.338 e. The van der Waals surface area contributed by atoms with Gasteiger partial charge in [-0.2, -0.15) is 0 Å².